The van der Waals surface area contributed by atoms with Gasteiger partial charge in [0, 0.05) is 16.7 Å². The minimum absolute atomic E-state index is 0.571. The van der Waals surface area contributed by atoms with Gasteiger partial charge < -0.3 is 0 Å². The lowest BCUT2D eigenvalue weighted by atomic mass is 9.67. The zero-order valence-corrected chi connectivity index (χ0v) is 37.7. The van der Waals surface area contributed by atoms with Gasteiger partial charge in [-0.15, -0.1) is 0 Å². The van der Waals surface area contributed by atoms with E-state index in [-0.39, 0.29) is 0 Å². The number of hydrogen-bond acceptors (Lipinski definition) is 3. The summed E-state index contributed by atoms with van der Waals surface area (Å²) in [5, 5.41) is 10.1. The number of benzene rings is 10. The second-order valence-corrected chi connectivity index (χ2v) is 17.6. The van der Waals surface area contributed by atoms with Crippen molar-refractivity contribution < 1.29 is 0 Å². The van der Waals surface area contributed by atoms with E-state index in [0.29, 0.717) is 11.4 Å². The normalized spacial score (nSPS) is 12.2. The van der Waals surface area contributed by atoms with Crippen molar-refractivity contribution in [3.05, 3.63) is 289 Å². The first-order chi connectivity index (χ1) is 34.1. The van der Waals surface area contributed by atoms with Crippen molar-refractivity contribution in [2.45, 2.75) is 5.41 Å². The van der Waals surface area contributed by atoms with Gasteiger partial charge in [-0.1, -0.05) is 231 Å². The predicted molar refractivity (Wildman–Crippen MR) is 282 cm³/mol. The van der Waals surface area contributed by atoms with Crippen molar-refractivity contribution in [2.24, 2.45) is 0 Å². The molecule has 1 aliphatic carbocycles. The van der Waals surface area contributed by atoms with Crippen molar-refractivity contribution >= 4 is 0 Å². The van der Waals surface area contributed by atoms with Crippen LogP contribution in [0, 0.1) is 11.3 Å². The summed E-state index contributed by atoms with van der Waals surface area (Å²) in [7, 11) is 0. The van der Waals surface area contributed by atoms with E-state index < -0.39 is 5.41 Å². The van der Waals surface area contributed by atoms with E-state index in [0.717, 1.165) is 72.6 Å². The van der Waals surface area contributed by atoms with Crippen molar-refractivity contribution in [1.29, 1.82) is 5.26 Å². The maximum Gasteiger partial charge on any atom is 0.160 e. The van der Waals surface area contributed by atoms with Crippen LogP contribution < -0.4 is 0 Å². The second-order valence-electron chi connectivity index (χ2n) is 17.6. The van der Waals surface area contributed by atoms with Crippen LogP contribution in [0.5, 0.6) is 0 Å². The number of fused-ring (bicyclic) bond motifs is 3. The number of hydrogen-bond donors (Lipinski definition) is 0. The molecule has 322 valence electrons. The summed E-state index contributed by atoms with van der Waals surface area (Å²) in [4.78, 5) is 10.4. The van der Waals surface area contributed by atoms with Gasteiger partial charge in [0.05, 0.1) is 28.4 Å². The predicted octanol–water partition coefficient (Wildman–Crippen LogP) is 16.4. The largest absolute Gasteiger partial charge is 0.228 e. The van der Waals surface area contributed by atoms with Gasteiger partial charge in [0.15, 0.2) is 5.82 Å². The highest BCUT2D eigenvalue weighted by Crippen LogP contribution is 2.57. The van der Waals surface area contributed by atoms with Crippen LogP contribution >= 0.6 is 0 Å². The summed E-state index contributed by atoms with van der Waals surface area (Å²) in [6.45, 7) is 0. The van der Waals surface area contributed by atoms with Gasteiger partial charge >= 0.3 is 0 Å². The Bertz CT molecular complexity index is 3530. The number of nitriles is 1. The molecule has 3 nitrogen and oxygen atoms in total. The Kier molecular flexibility index (Phi) is 10.5. The number of aromatic nitrogens is 2. The standard InChI is InChI=1S/C66H43N3/c67-44-45-24-38-59-60-42-55(37-39-61(60)66(62(59)40-45,57-20-9-3-10-21-57)58-22-11-4-12-23-58)51-27-25-50(26-28-51)54-18-13-19-56(41-54)64-43-63(52-33-29-48(30-34-52)46-14-5-1-6-15-46)68-65(69-64)53-35-31-49(32-36-53)47-16-7-2-8-17-47/h1-43H. The average molecular weight is 878 g/mol. The fraction of sp³-hybridized carbons (Fsp3) is 0.0152. The zero-order valence-electron chi connectivity index (χ0n) is 37.7. The Morgan fingerprint density at radius 3 is 1.26 bits per heavy atom. The molecule has 3 heteroatoms. The van der Waals surface area contributed by atoms with Gasteiger partial charge in [0.1, 0.15) is 0 Å². The molecule has 0 unspecified atom stereocenters. The van der Waals surface area contributed by atoms with Gasteiger partial charge in [-0.3, -0.25) is 0 Å². The molecule has 10 aromatic carbocycles. The maximum absolute atomic E-state index is 10.1. The third-order valence-corrected chi connectivity index (χ3v) is 13.7. The van der Waals surface area contributed by atoms with Crippen LogP contribution in [0.2, 0.25) is 0 Å². The van der Waals surface area contributed by atoms with Crippen molar-refractivity contribution in [3.8, 4) is 95.6 Å². The highest BCUT2D eigenvalue weighted by Gasteiger charge is 2.46. The summed E-state index contributed by atoms with van der Waals surface area (Å²) < 4.78 is 0. The van der Waals surface area contributed by atoms with E-state index in [9.17, 15) is 5.26 Å². The van der Waals surface area contributed by atoms with Crippen LogP contribution in [0.1, 0.15) is 27.8 Å². The molecule has 12 rings (SSSR count). The minimum Gasteiger partial charge on any atom is -0.228 e. The molecular formula is C66H43N3. The Balaban J connectivity index is 0.900. The zero-order chi connectivity index (χ0) is 46.2. The van der Waals surface area contributed by atoms with E-state index >= 15 is 0 Å². The van der Waals surface area contributed by atoms with Crippen molar-refractivity contribution in [1.82, 2.24) is 9.97 Å². The fourth-order valence-corrected chi connectivity index (χ4v) is 10.2. The molecule has 0 aliphatic heterocycles. The van der Waals surface area contributed by atoms with Gasteiger partial charge in [-0.25, -0.2) is 9.97 Å². The van der Waals surface area contributed by atoms with Gasteiger partial charge in [-0.2, -0.15) is 5.26 Å². The summed E-state index contributed by atoms with van der Waals surface area (Å²) in [6.07, 6.45) is 0. The Hall–Kier alpha value is -9.23. The summed E-state index contributed by atoms with van der Waals surface area (Å²) in [5.41, 5.74) is 21.0. The molecule has 1 aliphatic rings. The Morgan fingerprint density at radius 1 is 0.290 bits per heavy atom. The SMILES string of the molecule is N#Cc1ccc2c(c1)C(c1ccccc1)(c1ccccc1)c1ccc(-c3ccc(-c4cccc(-c5cc(-c6ccc(-c7ccccc7)cc6)nc(-c6ccc(-c7ccccc7)cc6)n5)c4)cc3)cc1-2. The molecular weight excluding hydrogens is 835 g/mol. The quantitative estimate of drug-likeness (QED) is 0.145. The van der Waals surface area contributed by atoms with Gasteiger partial charge in [-0.05, 0) is 108 Å². The van der Waals surface area contributed by atoms with Gasteiger partial charge in [0.25, 0.3) is 0 Å². The summed E-state index contributed by atoms with van der Waals surface area (Å²) in [6, 6.07) is 94.6. The van der Waals surface area contributed by atoms with Crippen LogP contribution in [0.25, 0.3) is 89.5 Å². The molecule has 0 saturated heterocycles. The monoisotopic (exact) mass is 877 g/mol. The third kappa shape index (κ3) is 7.51. The molecule has 69 heavy (non-hydrogen) atoms. The molecule has 1 heterocycles. The molecule has 1 aromatic heterocycles. The molecule has 11 aromatic rings. The topological polar surface area (TPSA) is 49.6 Å². The maximum atomic E-state index is 10.1. The first-order valence-electron chi connectivity index (χ1n) is 23.3. The van der Waals surface area contributed by atoms with E-state index in [1.54, 1.807) is 0 Å². The highest BCUT2D eigenvalue weighted by atomic mass is 14.9. The molecule has 0 radical (unpaired) electrons. The van der Waals surface area contributed by atoms with E-state index in [4.69, 9.17) is 9.97 Å². The smallest absolute Gasteiger partial charge is 0.160 e. The van der Waals surface area contributed by atoms with Crippen LogP contribution in [0.4, 0.5) is 0 Å². The molecule has 0 bridgehead atoms. The lowest BCUT2D eigenvalue weighted by molar-refractivity contribution is 0.768. The fourth-order valence-electron chi connectivity index (χ4n) is 10.2. The van der Waals surface area contributed by atoms with Crippen molar-refractivity contribution in [2.75, 3.05) is 0 Å². The van der Waals surface area contributed by atoms with Crippen molar-refractivity contribution in [3.63, 3.8) is 0 Å². The van der Waals surface area contributed by atoms with Crippen LogP contribution in [-0.2, 0) is 5.41 Å². The Labute approximate surface area is 403 Å². The number of nitrogens with zero attached hydrogens (tertiary/aromatic N) is 3. The van der Waals surface area contributed by atoms with Crippen LogP contribution in [-0.4, -0.2) is 9.97 Å². The summed E-state index contributed by atoms with van der Waals surface area (Å²) in [5.74, 6) is 0.677. The first-order valence-corrected chi connectivity index (χ1v) is 23.3. The third-order valence-electron chi connectivity index (χ3n) is 13.7. The molecule has 0 spiro atoms. The van der Waals surface area contributed by atoms with E-state index in [2.05, 4.69) is 249 Å². The van der Waals surface area contributed by atoms with E-state index in [1.807, 2.05) is 18.2 Å². The summed E-state index contributed by atoms with van der Waals surface area (Å²) >= 11 is 0. The Morgan fingerprint density at radius 2 is 0.710 bits per heavy atom. The highest BCUT2D eigenvalue weighted by molar-refractivity contribution is 5.90. The molecule has 0 amide bonds. The average Bonchev–Trinajstić information content (AvgIpc) is 3.73. The minimum atomic E-state index is -0.571. The molecule has 0 atom stereocenters. The lowest BCUT2D eigenvalue weighted by Gasteiger charge is -2.34. The second kappa shape index (κ2) is 17.5. The van der Waals surface area contributed by atoms with Crippen LogP contribution in [0.3, 0.4) is 0 Å². The molecule has 0 N–H and O–H groups in total. The van der Waals surface area contributed by atoms with Gasteiger partial charge in [0.2, 0.25) is 0 Å². The van der Waals surface area contributed by atoms with Crippen LogP contribution in [0.15, 0.2) is 261 Å². The molecule has 0 saturated carbocycles. The van der Waals surface area contributed by atoms with E-state index in [1.165, 1.54) is 33.4 Å². The lowest BCUT2D eigenvalue weighted by Crippen LogP contribution is -2.28. The first kappa shape index (κ1) is 41.2. The molecule has 0 fully saturated rings. The number of rotatable bonds is 9.